The van der Waals surface area contributed by atoms with Gasteiger partial charge >= 0.3 is 0 Å². The molecular weight excluding hydrogens is 1370 g/mol. The molecule has 0 radical (unpaired) electrons. The molecule has 0 aliphatic rings. The van der Waals surface area contributed by atoms with Gasteiger partial charge in [-0.15, -0.1) is 34.0 Å². The van der Waals surface area contributed by atoms with Crippen molar-refractivity contribution in [2.24, 2.45) is 0 Å². The quantitative estimate of drug-likeness (QED) is 0.113. The van der Waals surface area contributed by atoms with Gasteiger partial charge in [0.2, 0.25) is 0 Å². The maximum atomic E-state index is 5.93. The van der Waals surface area contributed by atoms with Gasteiger partial charge in [-0.25, -0.2) is 0 Å². The molecule has 107 heavy (non-hydrogen) atoms. The number of anilines is 8. The van der Waals surface area contributed by atoms with Gasteiger partial charge in [-0.2, -0.15) is 0 Å². The zero-order valence-corrected chi connectivity index (χ0v) is 59.8. The molecule has 0 spiro atoms. The maximum absolute atomic E-state index is 5.93. The number of hydrogen-bond acceptors (Lipinski definition) is 11. The summed E-state index contributed by atoms with van der Waals surface area (Å²) >= 11 is 5.55. The Balaban J connectivity index is 0.0000000942. The van der Waals surface area contributed by atoms with Gasteiger partial charge in [-0.3, -0.25) is 0 Å². The van der Waals surface area contributed by atoms with Gasteiger partial charge in [0.15, 0.2) is 0 Å². The zero-order chi connectivity index (χ0) is 70.7. The van der Waals surface area contributed by atoms with Gasteiger partial charge in [-0.1, -0.05) is 164 Å². The second-order valence-electron chi connectivity index (χ2n) is 26.6. The number of fused-ring (bicyclic) bond motifs is 21. The SMILES string of the molecule is c1ccc(Nc2ccc(-c3ccc4oc5ccccc5c4c3)cc2)cc1.c1ccc2c(c1)oc1ccc(Nc3ccc4oc5ccccc5c4c3)cc12.c1ccc2c(c1)oc1ccc(Nc3ccc4sc5ccccc5c4c3)cc12.c1ccc2c(c1)sc1ccc(Nc3ccc4sc5ccccc5c4c3)cc12. The number of nitrogens with one attached hydrogen (secondary N) is 4. The predicted octanol–water partition coefficient (Wildman–Crippen LogP) is 30.1. The Kier molecular flexibility index (Phi) is 16.0. The molecular formula is C96H62N4O4S3. The summed E-state index contributed by atoms with van der Waals surface area (Å²) in [6.45, 7) is 0. The van der Waals surface area contributed by atoms with Crippen LogP contribution < -0.4 is 21.3 Å². The summed E-state index contributed by atoms with van der Waals surface area (Å²) in [6.07, 6.45) is 0. The van der Waals surface area contributed by atoms with E-state index in [0.29, 0.717) is 0 Å². The van der Waals surface area contributed by atoms with E-state index in [1.807, 2.05) is 155 Å². The van der Waals surface area contributed by atoms with E-state index in [-0.39, 0.29) is 0 Å². The average Bonchev–Trinajstić information content (AvgIpc) is 1.67. The highest BCUT2D eigenvalue weighted by atomic mass is 32.1. The molecule has 7 aromatic heterocycles. The van der Waals surface area contributed by atoms with E-state index in [4.69, 9.17) is 17.7 Å². The lowest BCUT2D eigenvalue weighted by molar-refractivity contribution is 0.668. The van der Waals surface area contributed by atoms with Gasteiger partial charge < -0.3 is 38.9 Å². The normalized spacial score (nSPS) is 11.6. The molecule has 16 aromatic carbocycles. The highest BCUT2D eigenvalue weighted by Gasteiger charge is 2.15. The third kappa shape index (κ3) is 12.3. The number of furan rings is 4. The van der Waals surface area contributed by atoms with Crippen molar-refractivity contribution < 1.29 is 17.7 Å². The monoisotopic (exact) mass is 1430 g/mol. The third-order valence-electron chi connectivity index (χ3n) is 19.8. The van der Waals surface area contributed by atoms with Gasteiger partial charge in [0.05, 0.1) is 0 Å². The Morgan fingerprint density at radius 1 is 0.150 bits per heavy atom. The summed E-state index contributed by atoms with van der Waals surface area (Å²) in [4.78, 5) is 0. The van der Waals surface area contributed by atoms with Gasteiger partial charge in [0, 0.05) is 149 Å². The maximum Gasteiger partial charge on any atom is 0.135 e. The van der Waals surface area contributed by atoms with Crippen molar-refractivity contribution >= 4 is 228 Å². The predicted molar refractivity (Wildman–Crippen MR) is 458 cm³/mol. The molecule has 4 N–H and O–H groups in total. The van der Waals surface area contributed by atoms with Crippen LogP contribution in [0.1, 0.15) is 0 Å². The first kappa shape index (κ1) is 63.3. The summed E-state index contributed by atoms with van der Waals surface area (Å²) in [5, 5.41) is 31.1. The van der Waals surface area contributed by atoms with Crippen molar-refractivity contribution in [2.45, 2.75) is 0 Å². The lowest BCUT2D eigenvalue weighted by Gasteiger charge is -2.08. The van der Waals surface area contributed by atoms with E-state index >= 15 is 0 Å². The molecule has 8 nitrogen and oxygen atoms in total. The van der Waals surface area contributed by atoms with Crippen LogP contribution in [0.4, 0.5) is 45.5 Å². The van der Waals surface area contributed by atoms with Crippen molar-refractivity contribution in [1.82, 2.24) is 0 Å². The molecule has 0 saturated heterocycles. The van der Waals surface area contributed by atoms with Crippen molar-refractivity contribution in [2.75, 3.05) is 21.3 Å². The van der Waals surface area contributed by atoms with Crippen molar-refractivity contribution in [3.8, 4) is 11.1 Å². The smallest absolute Gasteiger partial charge is 0.135 e. The molecule has 508 valence electrons. The summed E-state index contributed by atoms with van der Waals surface area (Å²) < 4.78 is 31.7. The largest absolute Gasteiger partial charge is 0.456 e. The van der Waals surface area contributed by atoms with E-state index in [0.717, 1.165) is 133 Å². The van der Waals surface area contributed by atoms with Crippen LogP contribution in [0.3, 0.4) is 0 Å². The number of rotatable bonds is 9. The van der Waals surface area contributed by atoms with Crippen LogP contribution in [0.5, 0.6) is 0 Å². The Morgan fingerprint density at radius 2 is 0.383 bits per heavy atom. The van der Waals surface area contributed by atoms with Crippen LogP contribution in [-0.2, 0) is 0 Å². The Bertz CT molecular complexity index is 6430. The fraction of sp³-hybridized carbons (Fsp3) is 0. The average molecular weight is 1430 g/mol. The summed E-state index contributed by atoms with van der Waals surface area (Å²) in [6, 6.07) is 122. The van der Waals surface area contributed by atoms with Crippen LogP contribution in [0, 0.1) is 0 Å². The van der Waals surface area contributed by atoms with Crippen LogP contribution in [0.15, 0.2) is 370 Å². The molecule has 0 unspecified atom stereocenters. The molecule has 0 fully saturated rings. The topological polar surface area (TPSA) is 101 Å². The van der Waals surface area contributed by atoms with E-state index in [1.54, 1.807) is 0 Å². The number of thiophene rings is 3. The summed E-state index contributed by atoms with van der Waals surface area (Å²) in [5.74, 6) is 0. The van der Waals surface area contributed by atoms with E-state index in [9.17, 15) is 0 Å². The minimum atomic E-state index is 0.901. The molecule has 23 aromatic rings. The summed E-state index contributed by atoms with van der Waals surface area (Å²) in [7, 11) is 0. The van der Waals surface area contributed by atoms with E-state index in [2.05, 4.69) is 252 Å². The number of hydrogen-bond donors (Lipinski definition) is 4. The van der Waals surface area contributed by atoms with E-state index < -0.39 is 0 Å². The van der Waals surface area contributed by atoms with Crippen LogP contribution >= 0.6 is 34.0 Å². The van der Waals surface area contributed by atoms with Gasteiger partial charge in [0.25, 0.3) is 0 Å². The van der Waals surface area contributed by atoms with Crippen LogP contribution in [-0.4, -0.2) is 0 Å². The van der Waals surface area contributed by atoms with Gasteiger partial charge in [0.1, 0.15) is 44.7 Å². The lowest BCUT2D eigenvalue weighted by atomic mass is 10.0. The molecule has 0 atom stereocenters. The molecule has 0 bridgehead atoms. The number of benzene rings is 16. The fourth-order valence-corrected chi connectivity index (χ4v) is 17.9. The lowest BCUT2D eigenvalue weighted by Crippen LogP contribution is -1.89. The summed E-state index contributed by atoms with van der Waals surface area (Å²) in [5.41, 5.74) is 18.4. The molecule has 0 aliphatic heterocycles. The highest BCUT2D eigenvalue weighted by Crippen LogP contribution is 2.42. The molecule has 11 heteroatoms. The fourth-order valence-electron chi connectivity index (χ4n) is 14.7. The minimum absolute atomic E-state index is 0.901. The van der Waals surface area contributed by atoms with Gasteiger partial charge in [-0.05, 0) is 199 Å². The molecule has 23 rings (SSSR count). The second kappa shape index (κ2) is 27.0. The molecule has 7 heterocycles. The first-order valence-corrected chi connectivity index (χ1v) is 38.0. The first-order chi connectivity index (χ1) is 52.9. The van der Waals surface area contributed by atoms with Crippen LogP contribution in [0.25, 0.3) is 159 Å². The minimum Gasteiger partial charge on any atom is -0.456 e. The van der Waals surface area contributed by atoms with Crippen LogP contribution in [0.2, 0.25) is 0 Å². The zero-order valence-electron chi connectivity index (χ0n) is 57.3. The third-order valence-corrected chi connectivity index (χ3v) is 23.2. The molecule has 0 amide bonds. The first-order valence-electron chi connectivity index (χ1n) is 35.5. The Labute approximate surface area is 625 Å². The number of para-hydroxylation sites is 5. The highest BCUT2D eigenvalue weighted by molar-refractivity contribution is 7.26. The van der Waals surface area contributed by atoms with Crippen molar-refractivity contribution in [3.63, 3.8) is 0 Å². The standard InChI is InChI=1S/C24H15NO2.C24H15NOS.C24H17NO.C24H15NS2/c1-3-7-21-17(5-1)19-13-15(9-11-23(19)26-21)25-16-10-12-24-20(14-16)18-6-2-4-8-22(18)27-24;1-3-7-21-17(5-1)19-13-15(9-11-22(19)26-21)25-16-10-12-24-20(14-16)18-6-2-4-8-23(18)27-24;1-2-6-19(7-3-1)25-20-13-10-17(11-14-20)18-12-15-24-22(16-18)21-8-4-5-9-23(21)26-24;1-3-7-21-17(5-1)19-13-15(9-11-23(19)26-21)25-16-10-12-24-20(14-16)18-6-2-4-8-22(18)27-24/h2*1-14,25H;1-16,25H;1-14,25H. The van der Waals surface area contributed by atoms with E-state index in [1.165, 1.54) is 71.6 Å². The molecule has 0 aliphatic carbocycles. The van der Waals surface area contributed by atoms with Crippen molar-refractivity contribution in [3.05, 3.63) is 352 Å². The molecule has 0 saturated carbocycles. The van der Waals surface area contributed by atoms with Crippen molar-refractivity contribution in [1.29, 1.82) is 0 Å². The Hall–Kier alpha value is -13.4. The second-order valence-corrected chi connectivity index (χ2v) is 29.9. The Morgan fingerprint density at radius 3 is 0.748 bits per heavy atom.